The van der Waals surface area contributed by atoms with Gasteiger partial charge in [-0.1, -0.05) is 0 Å². The Morgan fingerprint density at radius 1 is 1.80 bits per heavy atom. The smallest absolute Gasteiger partial charge is 0.208 e. The molecule has 0 aliphatic carbocycles. The van der Waals surface area contributed by atoms with Gasteiger partial charge in [0.1, 0.15) is 5.82 Å². The first-order valence-electron chi connectivity index (χ1n) is 3.04. The molecule has 1 aromatic heterocycles. The van der Waals surface area contributed by atoms with E-state index in [1.54, 1.807) is 7.11 Å². The summed E-state index contributed by atoms with van der Waals surface area (Å²) >= 11 is 0. The van der Waals surface area contributed by atoms with Crippen LogP contribution in [0, 0.1) is 0 Å². The molecule has 0 radical (unpaired) electrons. The largest absolute Gasteiger partial charge is 0.493 e. The lowest BCUT2D eigenvalue weighted by Crippen LogP contribution is -1.95. The average molecular weight is 142 g/mol. The highest BCUT2D eigenvalue weighted by atomic mass is 16.5. The van der Waals surface area contributed by atoms with Gasteiger partial charge in [0.15, 0.2) is 0 Å². The molecule has 1 aromatic rings. The second-order valence-electron chi connectivity index (χ2n) is 1.96. The second-order valence-corrected chi connectivity index (χ2v) is 1.96. The van der Waals surface area contributed by atoms with E-state index in [2.05, 4.69) is 9.97 Å². The topological polar surface area (TPSA) is 58.1 Å². The van der Waals surface area contributed by atoms with Crippen molar-refractivity contribution in [3.63, 3.8) is 0 Å². The normalized spacial score (nSPS) is 10.1. The van der Waals surface area contributed by atoms with Crippen molar-refractivity contribution >= 4 is 0 Å². The molecule has 0 aliphatic rings. The maximum absolute atomic E-state index is 8.79. The Hall–Kier alpha value is -1.03. The highest BCUT2D eigenvalue weighted by Gasteiger charge is 1.96. The first-order chi connectivity index (χ1) is 4.83. The lowest BCUT2D eigenvalue weighted by atomic mass is 10.4. The van der Waals surface area contributed by atoms with Gasteiger partial charge in [-0.3, -0.25) is 0 Å². The first kappa shape index (κ1) is 7.08. The lowest BCUT2D eigenvalue weighted by Gasteiger charge is -1.92. The number of imidazole rings is 1. The number of methoxy groups -OCH3 is 1. The molecule has 2 N–H and O–H groups in total. The number of H-pyrrole nitrogens is 1. The van der Waals surface area contributed by atoms with Crippen LogP contribution >= 0.6 is 0 Å². The molecular formula is C6H10N2O2. The molecule has 1 heterocycles. The van der Waals surface area contributed by atoms with Crippen LogP contribution in [-0.2, 0) is 11.2 Å². The fourth-order valence-corrected chi connectivity index (χ4v) is 0.677. The van der Waals surface area contributed by atoms with E-state index < -0.39 is 0 Å². The molecule has 1 rings (SSSR count). The maximum Gasteiger partial charge on any atom is 0.208 e. The van der Waals surface area contributed by atoms with Crippen LogP contribution in [0.2, 0.25) is 0 Å². The number of hydrogen-bond acceptors (Lipinski definition) is 3. The highest BCUT2D eigenvalue weighted by Crippen LogP contribution is 2.02. The predicted octanol–water partition coefficient (Wildman–Crippen LogP) is 0.304. The molecule has 4 heteroatoms. The molecular weight excluding hydrogens is 132 g/mol. The van der Waals surface area contributed by atoms with Gasteiger partial charge < -0.3 is 14.8 Å². The average Bonchev–Trinajstić information content (AvgIpc) is 2.31. The molecule has 0 aromatic carbocycles. The Balaban J connectivity index is 2.42. The number of hydrogen-bond donors (Lipinski definition) is 2. The molecule has 0 fully saturated rings. The van der Waals surface area contributed by atoms with Crippen molar-refractivity contribution in [2.45, 2.75) is 6.42 Å². The number of aromatic hydroxyl groups is 1. The lowest BCUT2D eigenvalue weighted by molar-refractivity contribution is 0.200. The predicted molar refractivity (Wildman–Crippen MR) is 35.8 cm³/mol. The van der Waals surface area contributed by atoms with Gasteiger partial charge in [0.05, 0.1) is 12.8 Å². The molecule has 0 unspecified atom stereocenters. The fraction of sp³-hybridized carbons (Fsp3) is 0.500. The molecule has 0 spiro atoms. The van der Waals surface area contributed by atoms with Gasteiger partial charge in [-0.15, -0.1) is 0 Å². The summed E-state index contributed by atoms with van der Waals surface area (Å²) in [7, 11) is 1.63. The van der Waals surface area contributed by atoms with Crippen LogP contribution in [0.4, 0.5) is 0 Å². The zero-order valence-electron chi connectivity index (χ0n) is 5.79. The van der Waals surface area contributed by atoms with Gasteiger partial charge in [-0.05, 0) is 0 Å². The Morgan fingerprint density at radius 3 is 3.10 bits per heavy atom. The molecule has 10 heavy (non-hydrogen) atoms. The Morgan fingerprint density at radius 2 is 2.60 bits per heavy atom. The van der Waals surface area contributed by atoms with Crippen molar-refractivity contribution in [1.82, 2.24) is 9.97 Å². The van der Waals surface area contributed by atoms with Crippen molar-refractivity contribution in [2.24, 2.45) is 0 Å². The quantitative estimate of drug-likeness (QED) is 0.638. The van der Waals surface area contributed by atoms with E-state index in [1.807, 2.05) is 0 Å². The van der Waals surface area contributed by atoms with E-state index in [-0.39, 0.29) is 5.88 Å². The van der Waals surface area contributed by atoms with Crippen molar-refractivity contribution in [1.29, 1.82) is 0 Å². The van der Waals surface area contributed by atoms with Gasteiger partial charge in [0.2, 0.25) is 5.88 Å². The van der Waals surface area contributed by atoms with E-state index in [4.69, 9.17) is 9.84 Å². The minimum Gasteiger partial charge on any atom is -0.493 e. The molecule has 56 valence electrons. The Labute approximate surface area is 58.9 Å². The van der Waals surface area contributed by atoms with Gasteiger partial charge >= 0.3 is 0 Å². The van der Waals surface area contributed by atoms with E-state index in [9.17, 15) is 0 Å². The minimum absolute atomic E-state index is 0.103. The summed E-state index contributed by atoms with van der Waals surface area (Å²) in [6.45, 7) is 0.618. The zero-order valence-corrected chi connectivity index (χ0v) is 5.79. The molecule has 0 atom stereocenters. The summed E-state index contributed by atoms with van der Waals surface area (Å²) in [6.07, 6.45) is 2.09. The SMILES string of the molecule is COCCc1ncc(O)[nH]1. The van der Waals surface area contributed by atoms with Crippen LogP contribution in [0.3, 0.4) is 0 Å². The van der Waals surface area contributed by atoms with Gasteiger partial charge in [0.25, 0.3) is 0 Å². The summed E-state index contributed by atoms with van der Waals surface area (Å²) in [4.78, 5) is 6.54. The second kappa shape index (κ2) is 3.22. The van der Waals surface area contributed by atoms with Crippen molar-refractivity contribution in [3.05, 3.63) is 12.0 Å². The van der Waals surface area contributed by atoms with Crippen LogP contribution in [0.5, 0.6) is 5.88 Å². The number of nitrogens with zero attached hydrogens (tertiary/aromatic N) is 1. The summed E-state index contributed by atoms with van der Waals surface area (Å²) in [5.74, 6) is 0.852. The highest BCUT2D eigenvalue weighted by molar-refractivity contribution is 5.04. The number of nitrogens with one attached hydrogen (secondary N) is 1. The van der Waals surface area contributed by atoms with Gasteiger partial charge in [-0.2, -0.15) is 0 Å². The third-order valence-electron chi connectivity index (χ3n) is 1.16. The van der Waals surface area contributed by atoms with Crippen LogP contribution < -0.4 is 0 Å². The number of ether oxygens (including phenoxy) is 1. The zero-order chi connectivity index (χ0) is 7.40. The molecule has 4 nitrogen and oxygen atoms in total. The minimum atomic E-state index is 0.103. The third kappa shape index (κ3) is 1.73. The number of rotatable bonds is 3. The monoisotopic (exact) mass is 142 g/mol. The summed E-state index contributed by atoms with van der Waals surface area (Å²) in [5.41, 5.74) is 0. The summed E-state index contributed by atoms with van der Waals surface area (Å²) in [6, 6.07) is 0. The van der Waals surface area contributed by atoms with E-state index in [0.717, 1.165) is 5.82 Å². The third-order valence-corrected chi connectivity index (χ3v) is 1.16. The fourth-order valence-electron chi connectivity index (χ4n) is 0.677. The summed E-state index contributed by atoms with van der Waals surface area (Å²) < 4.78 is 4.81. The van der Waals surface area contributed by atoms with Crippen molar-refractivity contribution < 1.29 is 9.84 Å². The van der Waals surface area contributed by atoms with Gasteiger partial charge in [-0.25, -0.2) is 4.98 Å². The number of aromatic amines is 1. The van der Waals surface area contributed by atoms with Crippen LogP contribution in [0.25, 0.3) is 0 Å². The summed E-state index contributed by atoms with van der Waals surface area (Å²) in [5, 5.41) is 8.79. The maximum atomic E-state index is 8.79. The van der Waals surface area contributed by atoms with Crippen LogP contribution in [-0.4, -0.2) is 28.8 Å². The van der Waals surface area contributed by atoms with E-state index in [1.165, 1.54) is 6.20 Å². The Bertz CT molecular complexity index is 197. The van der Waals surface area contributed by atoms with Gasteiger partial charge in [0, 0.05) is 13.5 Å². The van der Waals surface area contributed by atoms with Crippen molar-refractivity contribution in [2.75, 3.05) is 13.7 Å². The molecule has 0 saturated carbocycles. The van der Waals surface area contributed by atoms with Crippen LogP contribution in [0.1, 0.15) is 5.82 Å². The molecule has 0 saturated heterocycles. The van der Waals surface area contributed by atoms with E-state index in [0.29, 0.717) is 13.0 Å². The Kier molecular flexibility index (Phi) is 2.28. The molecule has 0 bridgehead atoms. The molecule has 0 aliphatic heterocycles. The van der Waals surface area contributed by atoms with Crippen LogP contribution in [0.15, 0.2) is 6.20 Å². The standard InChI is InChI=1S/C6H10N2O2/c1-10-3-2-5-7-4-6(9)8-5/h4,9H,2-3H2,1H3,(H,7,8). The van der Waals surface area contributed by atoms with E-state index >= 15 is 0 Å². The first-order valence-corrected chi connectivity index (χ1v) is 3.04. The number of aromatic nitrogens is 2. The molecule has 0 amide bonds. The van der Waals surface area contributed by atoms with Crippen molar-refractivity contribution in [3.8, 4) is 5.88 Å².